The first-order valence-corrected chi connectivity index (χ1v) is 12.3. The molecule has 0 amide bonds. The first kappa shape index (κ1) is 22.5. The molecule has 172 valence electrons. The molecule has 0 N–H and O–H groups in total. The number of allylic oxidation sites excluding steroid dienone is 4. The maximum Gasteiger partial charge on any atom is 0.0544 e. The van der Waals surface area contributed by atoms with Crippen molar-refractivity contribution >= 4 is 11.4 Å². The number of anilines is 2. The predicted molar refractivity (Wildman–Crippen MR) is 147 cm³/mol. The summed E-state index contributed by atoms with van der Waals surface area (Å²) >= 11 is 0. The molecular formula is C33H35N. The van der Waals surface area contributed by atoms with Gasteiger partial charge in [0.25, 0.3) is 0 Å². The Kier molecular flexibility index (Phi) is 5.02. The van der Waals surface area contributed by atoms with Crippen LogP contribution in [0.15, 0.2) is 96.2 Å². The smallest absolute Gasteiger partial charge is 0.0544 e. The van der Waals surface area contributed by atoms with Crippen molar-refractivity contribution in [1.82, 2.24) is 0 Å². The molecular weight excluding hydrogens is 410 g/mol. The Morgan fingerprint density at radius 3 is 2.06 bits per heavy atom. The molecule has 2 heterocycles. The lowest BCUT2D eigenvalue weighted by atomic mass is 9.64. The Morgan fingerprint density at radius 2 is 1.44 bits per heavy atom. The minimum Gasteiger partial charge on any atom is -0.309 e. The van der Waals surface area contributed by atoms with Gasteiger partial charge >= 0.3 is 0 Å². The lowest BCUT2D eigenvalue weighted by Crippen LogP contribution is -2.41. The molecule has 0 aliphatic carbocycles. The van der Waals surface area contributed by atoms with Crippen LogP contribution in [0.1, 0.15) is 63.8 Å². The number of rotatable bonds is 3. The number of fused-ring (bicyclic) bond motifs is 2. The molecule has 2 aliphatic heterocycles. The summed E-state index contributed by atoms with van der Waals surface area (Å²) in [6.45, 7) is 20.5. The molecule has 3 aromatic rings. The zero-order chi connectivity index (χ0) is 24.4. The molecule has 0 spiro atoms. The van der Waals surface area contributed by atoms with E-state index in [-0.39, 0.29) is 10.8 Å². The summed E-state index contributed by atoms with van der Waals surface area (Å²) in [6.07, 6.45) is 4.46. The van der Waals surface area contributed by atoms with Crippen LogP contribution in [-0.4, -0.2) is 0 Å². The van der Waals surface area contributed by atoms with E-state index < -0.39 is 0 Å². The second kappa shape index (κ2) is 7.60. The molecule has 0 unspecified atom stereocenters. The quantitative estimate of drug-likeness (QED) is 0.388. The maximum atomic E-state index is 4.47. The van der Waals surface area contributed by atoms with Gasteiger partial charge in [-0.1, -0.05) is 95.0 Å². The van der Waals surface area contributed by atoms with Gasteiger partial charge in [-0.2, -0.15) is 0 Å². The van der Waals surface area contributed by atoms with Crippen molar-refractivity contribution in [3.63, 3.8) is 0 Å². The van der Waals surface area contributed by atoms with Gasteiger partial charge in [0, 0.05) is 10.8 Å². The second-order valence-electron chi connectivity index (χ2n) is 10.9. The van der Waals surface area contributed by atoms with E-state index in [1.54, 1.807) is 0 Å². The topological polar surface area (TPSA) is 3.24 Å². The summed E-state index contributed by atoms with van der Waals surface area (Å²) in [4.78, 5) is 2.53. The van der Waals surface area contributed by atoms with Crippen molar-refractivity contribution in [3.05, 3.63) is 118 Å². The molecule has 2 aliphatic rings. The van der Waals surface area contributed by atoms with E-state index in [0.717, 1.165) is 5.57 Å². The fourth-order valence-corrected chi connectivity index (χ4v) is 6.00. The number of para-hydroxylation sites is 1. The van der Waals surface area contributed by atoms with E-state index in [1.165, 1.54) is 56.0 Å². The Hall–Kier alpha value is -3.32. The first-order valence-electron chi connectivity index (χ1n) is 12.3. The Labute approximate surface area is 205 Å². The van der Waals surface area contributed by atoms with E-state index in [1.807, 2.05) is 0 Å². The molecule has 0 saturated carbocycles. The second-order valence-corrected chi connectivity index (χ2v) is 10.9. The molecule has 1 heteroatoms. The van der Waals surface area contributed by atoms with Crippen LogP contribution in [-0.2, 0) is 10.8 Å². The summed E-state index contributed by atoms with van der Waals surface area (Å²) in [5, 5.41) is 0. The van der Waals surface area contributed by atoms with Gasteiger partial charge in [0.2, 0.25) is 0 Å². The van der Waals surface area contributed by atoms with Crippen LogP contribution >= 0.6 is 0 Å². The van der Waals surface area contributed by atoms with Gasteiger partial charge in [-0.15, -0.1) is 0 Å². The zero-order valence-electron chi connectivity index (χ0n) is 21.6. The van der Waals surface area contributed by atoms with Gasteiger partial charge in [0.1, 0.15) is 0 Å². The monoisotopic (exact) mass is 445 g/mol. The summed E-state index contributed by atoms with van der Waals surface area (Å²) < 4.78 is 0. The van der Waals surface area contributed by atoms with Crippen molar-refractivity contribution in [1.29, 1.82) is 0 Å². The van der Waals surface area contributed by atoms with Crippen LogP contribution in [0.25, 0.3) is 11.1 Å². The van der Waals surface area contributed by atoms with Crippen molar-refractivity contribution in [2.24, 2.45) is 0 Å². The standard InChI is InChI=1S/C33H35N/c1-9-14-25-29(21(2)3)34-30-22(4)15-13-18-26(30)33(7,8)28-20-24(23-16-11-10-12-17-23)19-27(31(28)34)32(25,5)6/h9-20H,2H2,1,3-8H3/b14-9-. The number of hydrogen-bond donors (Lipinski definition) is 0. The predicted octanol–water partition coefficient (Wildman–Crippen LogP) is 9.14. The number of benzene rings is 3. The first-order chi connectivity index (χ1) is 16.1. The lowest BCUT2D eigenvalue weighted by molar-refractivity contribution is 0.587. The molecule has 0 saturated heterocycles. The summed E-state index contributed by atoms with van der Waals surface area (Å²) in [5.41, 5.74) is 14.0. The van der Waals surface area contributed by atoms with Gasteiger partial charge in [0.15, 0.2) is 0 Å². The van der Waals surface area contributed by atoms with Crippen LogP contribution < -0.4 is 4.90 Å². The summed E-state index contributed by atoms with van der Waals surface area (Å²) in [5.74, 6) is 0. The van der Waals surface area contributed by atoms with Crippen molar-refractivity contribution < 1.29 is 0 Å². The third kappa shape index (κ3) is 2.99. The molecule has 1 nitrogen and oxygen atoms in total. The highest BCUT2D eigenvalue weighted by Gasteiger charge is 2.46. The van der Waals surface area contributed by atoms with Gasteiger partial charge < -0.3 is 4.90 Å². The maximum absolute atomic E-state index is 4.47. The third-order valence-electron chi connectivity index (χ3n) is 7.81. The molecule has 0 atom stereocenters. The van der Waals surface area contributed by atoms with Crippen molar-refractivity contribution in [2.45, 2.75) is 59.3 Å². The Morgan fingerprint density at radius 1 is 0.794 bits per heavy atom. The molecule has 0 aromatic heterocycles. The highest BCUT2D eigenvalue weighted by Crippen LogP contribution is 2.60. The largest absolute Gasteiger partial charge is 0.309 e. The van der Waals surface area contributed by atoms with Gasteiger partial charge in [-0.05, 0) is 77.4 Å². The number of aryl methyl sites for hydroxylation is 1. The van der Waals surface area contributed by atoms with Crippen LogP contribution in [0.3, 0.4) is 0 Å². The summed E-state index contributed by atoms with van der Waals surface area (Å²) in [6, 6.07) is 22.4. The molecule has 3 aromatic carbocycles. The highest BCUT2D eigenvalue weighted by molar-refractivity contribution is 5.91. The molecule has 34 heavy (non-hydrogen) atoms. The Bertz CT molecular complexity index is 1380. The SMILES string of the molecule is C=C(C)C1=C(/C=C\C)C(C)(C)c2cc(-c3ccccc3)cc3c2N1c1c(C)cccc1C3(C)C. The lowest BCUT2D eigenvalue weighted by Gasteiger charge is -2.51. The number of nitrogens with zero attached hydrogens (tertiary/aromatic N) is 1. The van der Waals surface area contributed by atoms with Crippen LogP contribution in [0.5, 0.6) is 0 Å². The fraction of sp³-hybridized carbons (Fsp3) is 0.273. The average molecular weight is 446 g/mol. The van der Waals surface area contributed by atoms with Crippen molar-refractivity contribution in [2.75, 3.05) is 4.90 Å². The normalized spacial score (nSPS) is 17.6. The molecule has 0 radical (unpaired) electrons. The Balaban J connectivity index is 1.98. The summed E-state index contributed by atoms with van der Waals surface area (Å²) in [7, 11) is 0. The van der Waals surface area contributed by atoms with Crippen LogP contribution in [0.4, 0.5) is 11.4 Å². The van der Waals surface area contributed by atoms with Gasteiger partial charge in [0.05, 0.1) is 17.1 Å². The molecule has 0 bridgehead atoms. The number of hydrogen-bond acceptors (Lipinski definition) is 1. The van der Waals surface area contributed by atoms with E-state index >= 15 is 0 Å². The minimum atomic E-state index is -0.164. The van der Waals surface area contributed by atoms with Gasteiger partial charge in [-0.25, -0.2) is 0 Å². The van der Waals surface area contributed by atoms with Crippen LogP contribution in [0.2, 0.25) is 0 Å². The zero-order valence-corrected chi connectivity index (χ0v) is 21.6. The van der Waals surface area contributed by atoms with E-state index in [9.17, 15) is 0 Å². The van der Waals surface area contributed by atoms with Crippen molar-refractivity contribution in [3.8, 4) is 11.1 Å². The van der Waals surface area contributed by atoms with Gasteiger partial charge in [-0.3, -0.25) is 0 Å². The van der Waals surface area contributed by atoms with Crippen LogP contribution in [0, 0.1) is 6.92 Å². The molecule has 5 rings (SSSR count). The van der Waals surface area contributed by atoms with E-state index in [4.69, 9.17) is 0 Å². The molecule has 0 fully saturated rings. The average Bonchev–Trinajstić information content (AvgIpc) is 2.80. The minimum absolute atomic E-state index is 0.124. The fourth-order valence-electron chi connectivity index (χ4n) is 6.00. The third-order valence-corrected chi connectivity index (χ3v) is 7.81. The van der Waals surface area contributed by atoms with E-state index in [2.05, 4.69) is 133 Å². The highest BCUT2D eigenvalue weighted by atomic mass is 15.2. The van der Waals surface area contributed by atoms with E-state index in [0.29, 0.717) is 0 Å².